The number of likely N-dealkylation sites (tertiary alicyclic amines) is 1. The van der Waals surface area contributed by atoms with Crippen LogP contribution in [0.25, 0.3) is 0 Å². The number of hydrogen-bond donors (Lipinski definition) is 2. The number of aliphatic hydroxyl groups is 1. The van der Waals surface area contributed by atoms with Crippen LogP contribution in [0, 0.1) is 5.92 Å². The van der Waals surface area contributed by atoms with Crippen molar-refractivity contribution in [1.29, 1.82) is 0 Å². The first-order valence-corrected chi connectivity index (χ1v) is 7.82. The van der Waals surface area contributed by atoms with E-state index in [-0.39, 0.29) is 17.9 Å². The number of nitrogens with one attached hydrogen (secondary N) is 1. The van der Waals surface area contributed by atoms with Crippen LogP contribution in [0.4, 0.5) is 5.69 Å². The lowest BCUT2D eigenvalue weighted by atomic mass is 9.85. The van der Waals surface area contributed by atoms with Crippen molar-refractivity contribution >= 4 is 11.6 Å². The van der Waals surface area contributed by atoms with E-state index in [1.165, 1.54) is 5.56 Å². The molecule has 0 spiro atoms. The molecule has 0 aliphatic carbocycles. The molecule has 1 amide bonds. The highest BCUT2D eigenvalue weighted by molar-refractivity contribution is 5.82. The monoisotopic (exact) mass is 288 g/mol. The van der Waals surface area contributed by atoms with Gasteiger partial charge in [-0.25, -0.2) is 0 Å². The number of anilines is 1. The molecule has 3 rings (SSSR count). The summed E-state index contributed by atoms with van der Waals surface area (Å²) in [5, 5.41) is 13.6. The molecule has 4 nitrogen and oxygen atoms in total. The van der Waals surface area contributed by atoms with Gasteiger partial charge >= 0.3 is 0 Å². The predicted octanol–water partition coefficient (Wildman–Crippen LogP) is 2.03. The lowest BCUT2D eigenvalue weighted by molar-refractivity contribution is -0.142. The van der Waals surface area contributed by atoms with Gasteiger partial charge in [0.2, 0.25) is 5.91 Å². The van der Waals surface area contributed by atoms with E-state index in [4.69, 9.17) is 0 Å². The van der Waals surface area contributed by atoms with Gasteiger partial charge < -0.3 is 15.3 Å². The van der Waals surface area contributed by atoms with Crippen molar-refractivity contribution in [1.82, 2.24) is 4.90 Å². The van der Waals surface area contributed by atoms with Gasteiger partial charge in [0.05, 0.1) is 11.5 Å². The van der Waals surface area contributed by atoms with E-state index in [1.807, 2.05) is 24.0 Å². The third-order valence-electron chi connectivity index (χ3n) is 4.75. The Hall–Kier alpha value is -1.55. The molecule has 2 aliphatic rings. The molecule has 3 atom stereocenters. The average molecular weight is 288 g/mol. The Bertz CT molecular complexity index is 541. The SMILES string of the molecule is CC1Nc2ccccc2CC1C(=O)N1CCCC(C)(O)C1. The third-order valence-corrected chi connectivity index (χ3v) is 4.75. The van der Waals surface area contributed by atoms with Gasteiger partial charge in [0, 0.05) is 24.8 Å². The highest BCUT2D eigenvalue weighted by Gasteiger charge is 2.37. The smallest absolute Gasteiger partial charge is 0.228 e. The van der Waals surface area contributed by atoms with Crippen molar-refractivity contribution in [2.45, 2.75) is 44.8 Å². The molecule has 2 heterocycles. The van der Waals surface area contributed by atoms with Crippen LogP contribution in [0.2, 0.25) is 0 Å². The van der Waals surface area contributed by atoms with E-state index in [9.17, 15) is 9.90 Å². The van der Waals surface area contributed by atoms with E-state index in [1.54, 1.807) is 0 Å². The minimum absolute atomic E-state index is 0.0474. The number of para-hydroxylation sites is 1. The lowest BCUT2D eigenvalue weighted by Crippen LogP contribution is -2.53. The van der Waals surface area contributed by atoms with Crippen molar-refractivity contribution < 1.29 is 9.90 Å². The second kappa shape index (κ2) is 5.34. The first-order valence-electron chi connectivity index (χ1n) is 7.82. The van der Waals surface area contributed by atoms with E-state index >= 15 is 0 Å². The van der Waals surface area contributed by atoms with Gasteiger partial charge in [-0.05, 0) is 44.7 Å². The van der Waals surface area contributed by atoms with Gasteiger partial charge in [0.25, 0.3) is 0 Å². The quantitative estimate of drug-likeness (QED) is 0.831. The minimum atomic E-state index is -0.739. The van der Waals surface area contributed by atoms with Crippen LogP contribution in [0.5, 0.6) is 0 Å². The van der Waals surface area contributed by atoms with Crippen molar-refractivity contribution in [3.8, 4) is 0 Å². The van der Waals surface area contributed by atoms with Crippen LogP contribution < -0.4 is 5.32 Å². The van der Waals surface area contributed by atoms with E-state index in [0.717, 1.165) is 31.5 Å². The number of fused-ring (bicyclic) bond motifs is 1. The van der Waals surface area contributed by atoms with Gasteiger partial charge in [-0.15, -0.1) is 0 Å². The van der Waals surface area contributed by atoms with Gasteiger partial charge in [-0.1, -0.05) is 18.2 Å². The molecule has 1 aromatic rings. The van der Waals surface area contributed by atoms with Crippen molar-refractivity contribution in [2.24, 2.45) is 5.92 Å². The molecule has 0 bridgehead atoms. The summed E-state index contributed by atoms with van der Waals surface area (Å²) < 4.78 is 0. The Labute approximate surface area is 126 Å². The highest BCUT2D eigenvalue weighted by atomic mass is 16.3. The molecule has 4 heteroatoms. The number of carbonyl (C=O) groups is 1. The summed E-state index contributed by atoms with van der Waals surface area (Å²) in [5.74, 6) is 0.123. The standard InChI is InChI=1S/C17H24N2O2/c1-12-14(10-13-6-3-4-7-15(13)18-12)16(20)19-9-5-8-17(2,21)11-19/h3-4,6-7,12,14,18,21H,5,8-11H2,1-2H3. The molecular weight excluding hydrogens is 264 g/mol. The van der Waals surface area contributed by atoms with Crippen LogP contribution in [-0.2, 0) is 11.2 Å². The third kappa shape index (κ3) is 2.91. The van der Waals surface area contributed by atoms with Crippen molar-refractivity contribution in [2.75, 3.05) is 18.4 Å². The maximum Gasteiger partial charge on any atom is 0.228 e. The topological polar surface area (TPSA) is 52.6 Å². The molecule has 1 saturated heterocycles. The minimum Gasteiger partial charge on any atom is -0.388 e. The number of nitrogens with zero attached hydrogens (tertiary/aromatic N) is 1. The number of carbonyl (C=O) groups excluding carboxylic acids is 1. The summed E-state index contributed by atoms with van der Waals surface area (Å²) in [5.41, 5.74) is 1.61. The zero-order valence-corrected chi connectivity index (χ0v) is 12.8. The van der Waals surface area contributed by atoms with Crippen molar-refractivity contribution in [3.05, 3.63) is 29.8 Å². The lowest BCUT2D eigenvalue weighted by Gasteiger charge is -2.41. The Morgan fingerprint density at radius 3 is 2.95 bits per heavy atom. The second-order valence-corrected chi connectivity index (χ2v) is 6.76. The first kappa shape index (κ1) is 14.4. The Morgan fingerprint density at radius 2 is 2.19 bits per heavy atom. The molecule has 1 aromatic carbocycles. The number of rotatable bonds is 1. The number of benzene rings is 1. The summed E-state index contributed by atoms with van der Waals surface area (Å²) >= 11 is 0. The van der Waals surface area contributed by atoms with Gasteiger partial charge in [0.15, 0.2) is 0 Å². The fourth-order valence-corrected chi connectivity index (χ4v) is 3.54. The number of hydrogen-bond acceptors (Lipinski definition) is 3. The van der Waals surface area contributed by atoms with E-state index in [0.29, 0.717) is 6.54 Å². The molecule has 0 saturated carbocycles. The molecule has 2 N–H and O–H groups in total. The maximum absolute atomic E-state index is 12.8. The normalized spacial score (nSPS) is 32.2. The zero-order chi connectivity index (χ0) is 15.0. The van der Waals surface area contributed by atoms with Gasteiger partial charge in [0.1, 0.15) is 0 Å². The van der Waals surface area contributed by atoms with Gasteiger partial charge in [-0.2, -0.15) is 0 Å². The predicted molar refractivity (Wildman–Crippen MR) is 83.2 cm³/mol. The van der Waals surface area contributed by atoms with Crippen LogP contribution in [0.3, 0.4) is 0 Å². The van der Waals surface area contributed by atoms with Crippen LogP contribution in [0.1, 0.15) is 32.3 Å². The molecule has 3 unspecified atom stereocenters. The molecular formula is C17H24N2O2. The summed E-state index contributed by atoms with van der Waals surface area (Å²) in [6, 6.07) is 8.31. The highest BCUT2D eigenvalue weighted by Crippen LogP contribution is 2.30. The molecule has 1 fully saturated rings. The summed E-state index contributed by atoms with van der Waals surface area (Å²) in [4.78, 5) is 14.7. The van der Waals surface area contributed by atoms with Crippen molar-refractivity contribution in [3.63, 3.8) is 0 Å². The summed E-state index contributed by atoms with van der Waals surface area (Å²) in [6.45, 7) is 5.11. The largest absolute Gasteiger partial charge is 0.388 e. The first-order chi connectivity index (χ1) is 9.96. The Balaban J connectivity index is 1.76. The van der Waals surface area contributed by atoms with E-state index < -0.39 is 5.60 Å². The van der Waals surface area contributed by atoms with Crippen LogP contribution >= 0.6 is 0 Å². The number of β-amino-alcohol motifs (C(OH)–C–C–N with tert-alkyl or cyclic N) is 1. The Morgan fingerprint density at radius 1 is 1.43 bits per heavy atom. The average Bonchev–Trinajstić information content (AvgIpc) is 2.44. The number of piperidine rings is 1. The molecule has 2 aliphatic heterocycles. The fourth-order valence-electron chi connectivity index (χ4n) is 3.54. The molecule has 0 aromatic heterocycles. The Kier molecular flexibility index (Phi) is 3.66. The van der Waals surface area contributed by atoms with Crippen LogP contribution in [0.15, 0.2) is 24.3 Å². The second-order valence-electron chi connectivity index (χ2n) is 6.76. The summed E-state index contributed by atoms with van der Waals surface area (Å²) in [6.07, 6.45) is 2.43. The molecule has 0 radical (unpaired) electrons. The molecule has 114 valence electrons. The fraction of sp³-hybridized carbons (Fsp3) is 0.588. The maximum atomic E-state index is 12.8. The van der Waals surface area contributed by atoms with Gasteiger partial charge in [-0.3, -0.25) is 4.79 Å². The van der Waals surface area contributed by atoms with E-state index in [2.05, 4.69) is 24.4 Å². The zero-order valence-electron chi connectivity index (χ0n) is 12.8. The van der Waals surface area contributed by atoms with Crippen LogP contribution in [-0.4, -0.2) is 40.6 Å². The molecule has 21 heavy (non-hydrogen) atoms. The number of amides is 1. The summed E-state index contributed by atoms with van der Waals surface area (Å²) in [7, 11) is 0.